The van der Waals surface area contributed by atoms with E-state index in [0.717, 1.165) is 45.6 Å². The number of sulfonamides is 1. The highest BCUT2D eigenvalue weighted by Gasteiger charge is 2.40. The van der Waals surface area contributed by atoms with E-state index in [2.05, 4.69) is 4.98 Å². The first-order chi connectivity index (χ1) is 17.0. The first-order valence-electron chi connectivity index (χ1n) is 11.4. The lowest BCUT2D eigenvalue weighted by Gasteiger charge is -2.30. The molecule has 0 radical (unpaired) electrons. The molecule has 0 aliphatic rings. The maximum atomic E-state index is 13.7. The standard InChI is InChI=1S/C26H27F3N2O4S/c1-3-19-17-30-14-13-22(19)21-9-6-8-20(16-21)18(2)31(15-7-12-25(32)33)36(34,35)24-11-5-4-10-23(24)26(27,28)29/h4-6,8-11,13-14,16-18H,3,7,12,15H2,1-2H3,(H,32,33). The second-order valence-corrected chi connectivity index (χ2v) is 10.2. The number of alkyl halides is 3. The summed E-state index contributed by atoms with van der Waals surface area (Å²) in [6.45, 7) is 3.31. The summed E-state index contributed by atoms with van der Waals surface area (Å²) in [4.78, 5) is 14.3. The van der Waals surface area contributed by atoms with Crippen LogP contribution < -0.4 is 0 Å². The van der Waals surface area contributed by atoms with Gasteiger partial charge in [0, 0.05) is 31.4 Å². The highest BCUT2D eigenvalue weighted by atomic mass is 32.2. The Morgan fingerprint density at radius 1 is 1.11 bits per heavy atom. The van der Waals surface area contributed by atoms with Crippen LogP contribution in [0.3, 0.4) is 0 Å². The Morgan fingerprint density at radius 3 is 2.50 bits per heavy atom. The number of aliphatic carboxylic acids is 1. The Hall–Kier alpha value is -3.24. The van der Waals surface area contributed by atoms with Crippen LogP contribution in [0.25, 0.3) is 11.1 Å². The highest BCUT2D eigenvalue weighted by molar-refractivity contribution is 7.89. The average molecular weight is 521 g/mol. The molecule has 0 aliphatic heterocycles. The zero-order valence-corrected chi connectivity index (χ0v) is 20.7. The zero-order chi connectivity index (χ0) is 26.5. The Bertz CT molecular complexity index is 1330. The minimum Gasteiger partial charge on any atom is -0.481 e. The quantitative estimate of drug-likeness (QED) is 0.357. The molecule has 3 aromatic rings. The number of rotatable bonds is 10. The number of carboxylic acid groups (broad SMARTS) is 1. The fourth-order valence-electron chi connectivity index (χ4n) is 4.08. The number of carbonyl (C=O) groups is 1. The number of carboxylic acids is 1. The second kappa shape index (κ2) is 11.2. The van der Waals surface area contributed by atoms with Crippen molar-refractivity contribution in [1.29, 1.82) is 0 Å². The largest absolute Gasteiger partial charge is 0.481 e. The van der Waals surface area contributed by atoms with Crippen molar-refractivity contribution in [2.45, 2.75) is 50.2 Å². The third-order valence-electron chi connectivity index (χ3n) is 5.94. The van der Waals surface area contributed by atoms with Gasteiger partial charge in [0.05, 0.1) is 10.5 Å². The Balaban J connectivity index is 2.08. The van der Waals surface area contributed by atoms with Crippen molar-refractivity contribution in [3.8, 4) is 11.1 Å². The van der Waals surface area contributed by atoms with Gasteiger partial charge in [-0.25, -0.2) is 8.42 Å². The van der Waals surface area contributed by atoms with Crippen LogP contribution in [0.4, 0.5) is 13.2 Å². The summed E-state index contributed by atoms with van der Waals surface area (Å²) < 4.78 is 69.2. The van der Waals surface area contributed by atoms with Gasteiger partial charge in [-0.15, -0.1) is 0 Å². The van der Waals surface area contributed by atoms with Gasteiger partial charge >= 0.3 is 12.1 Å². The van der Waals surface area contributed by atoms with E-state index in [9.17, 15) is 26.4 Å². The molecule has 1 aromatic heterocycles. The second-order valence-electron chi connectivity index (χ2n) is 8.29. The maximum absolute atomic E-state index is 13.7. The molecular formula is C26H27F3N2O4S. The predicted octanol–water partition coefficient (Wildman–Crippen LogP) is 5.95. The predicted molar refractivity (Wildman–Crippen MR) is 130 cm³/mol. The smallest absolute Gasteiger partial charge is 0.417 e. The normalized spacial score (nSPS) is 13.1. The first-order valence-corrected chi connectivity index (χ1v) is 12.8. The molecule has 36 heavy (non-hydrogen) atoms. The lowest BCUT2D eigenvalue weighted by Crippen LogP contribution is -2.36. The third-order valence-corrected chi connectivity index (χ3v) is 7.97. The SMILES string of the molecule is CCc1cnccc1-c1cccc(C(C)N(CCCC(=O)O)S(=O)(=O)c2ccccc2C(F)(F)F)c1. The molecule has 192 valence electrons. The summed E-state index contributed by atoms with van der Waals surface area (Å²) in [5.74, 6) is -1.12. The summed E-state index contributed by atoms with van der Waals surface area (Å²) >= 11 is 0. The average Bonchev–Trinajstić information content (AvgIpc) is 2.85. The monoisotopic (exact) mass is 520 g/mol. The molecule has 1 N–H and O–H groups in total. The summed E-state index contributed by atoms with van der Waals surface area (Å²) in [7, 11) is -4.64. The number of nitrogens with zero attached hydrogens (tertiary/aromatic N) is 2. The van der Waals surface area contributed by atoms with Gasteiger partial charge in [-0.05, 0) is 66.3 Å². The molecule has 0 saturated heterocycles. The molecule has 1 unspecified atom stereocenters. The van der Waals surface area contributed by atoms with Crippen molar-refractivity contribution in [1.82, 2.24) is 9.29 Å². The van der Waals surface area contributed by atoms with E-state index >= 15 is 0 Å². The van der Waals surface area contributed by atoms with Crippen molar-refractivity contribution >= 4 is 16.0 Å². The zero-order valence-electron chi connectivity index (χ0n) is 19.9. The molecule has 0 bridgehead atoms. The van der Waals surface area contributed by atoms with Crippen molar-refractivity contribution in [3.05, 3.63) is 83.7 Å². The minimum atomic E-state index is -4.88. The molecule has 6 nitrogen and oxygen atoms in total. The first kappa shape index (κ1) is 27.3. The van der Waals surface area contributed by atoms with Gasteiger partial charge in [0.1, 0.15) is 0 Å². The van der Waals surface area contributed by atoms with Gasteiger partial charge < -0.3 is 5.11 Å². The third kappa shape index (κ3) is 6.11. The molecule has 0 saturated carbocycles. The van der Waals surface area contributed by atoms with E-state index in [1.165, 1.54) is 6.07 Å². The van der Waals surface area contributed by atoms with Crippen molar-refractivity contribution < 1.29 is 31.5 Å². The van der Waals surface area contributed by atoms with Crippen molar-refractivity contribution in [2.75, 3.05) is 6.54 Å². The van der Waals surface area contributed by atoms with Gasteiger partial charge in [-0.1, -0.05) is 37.3 Å². The number of benzene rings is 2. The number of pyridine rings is 1. The van der Waals surface area contributed by atoms with Crippen LogP contribution in [0.1, 0.15) is 49.4 Å². The van der Waals surface area contributed by atoms with Crippen LogP contribution in [0, 0.1) is 0 Å². The van der Waals surface area contributed by atoms with Crippen LogP contribution in [0.2, 0.25) is 0 Å². The fraction of sp³-hybridized carbons (Fsp3) is 0.308. The Morgan fingerprint density at radius 2 is 1.83 bits per heavy atom. The Labute approximate surface area is 208 Å². The number of aromatic nitrogens is 1. The van der Waals surface area contributed by atoms with E-state index < -0.39 is 38.7 Å². The molecule has 0 aliphatic carbocycles. The van der Waals surface area contributed by atoms with Crippen molar-refractivity contribution in [3.63, 3.8) is 0 Å². The van der Waals surface area contributed by atoms with E-state index in [-0.39, 0.29) is 19.4 Å². The molecule has 0 fully saturated rings. The molecule has 1 heterocycles. The van der Waals surface area contributed by atoms with Crippen LogP contribution in [-0.4, -0.2) is 35.3 Å². The number of hydrogen-bond donors (Lipinski definition) is 1. The van der Waals surface area contributed by atoms with Gasteiger partial charge in [-0.2, -0.15) is 17.5 Å². The van der Waals surface area contributed by atoms with Crippen molar-refractivity contribution in [2.24, 2.45) is 0 Å². The molecule has 10 heteroatoms. The number of halogens is 3. The number of hydrogen-bond acceptors (Lipinski definition) is 4. The molecular weight excluding hydrogens is 493 g/mol. The topological polar surface area (TPSA) is 87.6 Å². The molecule has 2 aromatic carbocycles. The van der Waals surface area contributed by atoms with Gasteiger partial charge in [0.25, 0.3) is 0 Å². The maximum Gasteiger partial charge on any atom is 0.417 e. The van der Waals surface area contributed by atoms with Gasteiger partial charge in [0.15, 0.2) is 0 Å². The lowest BCUT2D eigenvalue weighted by molar-refractivity contribution is -0.140. The van der Waals surface area contributed by atoms with Crippen LogP contribution in [0.5, 0.6) is 0 Å². The van der Waals surface area contributed by atoms with E-state index in [4.69, 9.17) is 5.11 Å². The van der Waals surface area contributed by atoms with Crippen LogP contribution in [-0.2, 0) is 27.4 Å². The molecule has 0 spiro atoms. The van der Waals surface area contributed by atoms with Crippen LogP contribution >= 0.6 is 0 Å². The summed E-state index contributed by atoms with van der Waals surface area (Å²) in [5.41, 5.74) is 2.03. The van der Waals surface area contributed by atoms with E-state index in [0.29, 0.717) is 5.56 Å². The fourth-order valence-corrected chi connectivity index (χ4v) is 5.96. The minimum absolute atomic E-state index is 0.0584. The highest BCUT2D eigenvalue weighted by Crippen LogP contribution is 2.38. The summed E-state index contributed by atoms with van der Waals surface area (Å²) in [6.07, 6.45) is -1.12. The Kier molecular flexibility index (Phi) is 8.52. The lowest BCUT2D eigenvalue weighted by atomic mass is 9.97. The van der Waals surface area contributed by atoms with Crippen LogP contribution in [0.15, 0.2) is 71.9 Å². The van der Waals surface area contributed by atoms with E-state index in [1.54, 1.807) is 37.5 Å². The number of aryl methyl sites for hydroxylation is 1. The van der Waals surface area contributed by atoms with E-state index in [1.807, 2.05) is 19.1 Å². The molecule has 3 rings (SSSR count). The molecule has 1 atom stereocenters. The van der Waals surface area contributed by atoms with Gasteiger partial charge in [0.2, 0.25) is 10.0 Å². The summed E-state index contributed by atoms with van der Waals surface area (Å²) in [5, 5.41) is 9.04. The summed E-state index contributed by atoms with van der Waals surface area (Å²) in [6, 6.07) is 12.1. The van der Waals surface area contributed by atoms with Gasteiger partial charge in [-0.3, -0.25) is 9.78 Å². The molecule has 0 amide bonds.